The molecule has 0 bridgehead atoms. The Morgan fingerprint density at radius 1 is 1.30 bits per heavy atom. The van der Waals surface area contributed by atoms with Gasteiger partial charge < -0.3 is 5.32 Å². The molecule has 0 radical (unpaired) electrons. The number of nitrogens with one attached hydrogen (secondary N) is 1. The molecular weight excluding hydrogens is 428 g/mol. The van der Waals surface area contributed by atoms with E-state index in [1.54, 1.807) is 12.1 Å². The molecule has 0 saturated heterocycles. The quantitative estimate of drug-likeness (QED) is 0.586. The zero-order chi connectivity index (χ0) is 14.7. The summed E-state index contributed by atoms with van der Waals surface area (Å²) in [5.74, 6) is -0.242. The van der Waals surface area contributed by atoms with E-state index >= 15 is 0 Å². The Labute approximate surface area is 143 Å². The van der Waals surface area contributed by atoms with Crippen molar-refractivity contribution in [3.05, 3.63) is 53.8 Å². The Hall–Kier alpha value is 0.0600. The SMILES string of the molecule is CCCNC(c1cc(Br)c(Cl)s1)c1cc(F)ccc1Br. The average molecular weight is 442 g/mol. The number of hydrogen-bond donors (Lipinski definition) is 1. The molecule has 0 aliphatic heterocycles. The predicted molar refractivity (Wildman–Crippen MR) is 91.3 cm³/mol. The summed E-state index contributed by atoms with van der Waals surface area (Å²) in [5, 5.41) is 3.44. The molecule has 1 nitrogen and oxygen atoms in total. The van der Waals surface area contributed by atoms with Crippen LogP contribution >= 0.6 is 54.8 Å². The van der Waals surface area contributed by atoms with Gasteiger partial charge in [-0.3, -0.25) is 0 Å². The van der Waals surface area contributed by atoms with E-state index < -0.39 is 0 Å². The van der Waals surface area contributed by atoms with Crippen LogP contribution in [-0.2, 0) is 0 Å². The fourth-order valence-electron chi connectivity index (χ4n) is 1.89. The number of halogens is 4. The van der Waals surface area contributed by atoms with Crippen LogP contribution < -0.4 is 5.32 Å². The molecule has 1 N–H and O–H groups in total. The topological polar surface area (TPSA) is 12.0 Å². The first kappa shape index (κ1) is 16.4. The third kappa shape index (κ3) is 3.83. The lowest BCUT2D eigenvalue weighted by Gasteiger charge is -2.19. The minimum atomic E-state index is -0.242. The number of hydrogen-bond acceptors (Lipinski definition) is 2. The Kier molecular flexibility index (Phi) is 6.05. The molecule has 2 rings (SSSR count). The molecule has 1 heterocycles. The van der Waals surface area contributed by atoms with Crippen molar-refractivity contribution in [2.24, 2.45) is 0 Å². The van der Waals surface area contributed by atoms with Crippen LogP contribution in [0.15, 0.2) is 33.2 Å². The van der Waals surface area contributed by atoms with Gasteiger partial charge in [-0.25, -0.2) is 4.39 Å². The molecule has 2 aromatic rings. The average Bonchev–Trinajstić information content (AvgIpc) is 2.74. The van der Waals surface area contributed by atoms with Crippen molar-refractivity contribution in [3.8, 4) is 0 Å². The highest BCUT2D eigenvalue weighted by Gasteiger charge is 2.20. The molecule has 0 aliphatic carbocycles. The Bertz CT molecular complexity index is 583. The van der Waals surface area contributed by atoms with Gasteiger partial charge in [0, 0.05) is 13.8 Å². The highest BCUT2D eigenvalue weighted by atomic mass is 79.9. The minimum Gasteiger partial charge on any atom is -0.306 e. The maximum absolute atomic E-state index is 13.5. The molecule has 0 aliphatic rings. The largest absolute Gasteiger partial charge is 0.306 e. The van der Waals surface area contributed by atoms with Crippen molar-refractivity contribution in [1.29, 1.82) is 0 Å². The number of thiophene rings is 1. The third-order valence-electron chi connectivity index (χ3n) is 2.82. The molecule has 0 fully saturated rings. The molecule has 108 valence electrons. The zero-order valence-corrected chi connectivity index (χ0v) is 15.5. The van der Waals surface area contributed by atoms with Crippen molar-refractivity contribution in [2.45, 2.75) is 19.4 Å². The molecule has 1 unspecified atom stereocenters. The third-order valence-corrected chi connectivity index (χ3v) is 6.08. The van der Waals surface area contributed by atoms with Crippen LogP contribution in [0.4, 0.5) is 4.39 Å². The fraction of sp³-hybridized carbons (Fsp3) is 0.286. The molecule has 1 atom stereocenters. The summed E-state index contributed by atoms with van der Waals surface area (Å²) in [5.41, 5.74) is 0.879. The molecule has 1 aromatic heterocycles. The monoisotopic (exact) mass is 439 g/mol. The van der Waals surface area contributed by atoms with Crippen LogP contribution in [0.1, 0.15) is 29.8 Å². The molecule has 6 heteroatoms. The summed E-state index contributed by atoms with van der Waals surface area (Å²) in [7, 11) is 0. The van der Waals surface area contributed by atoms with Gasteiger partial charge in [0.25, 0.3) is 0 Å². The van der Waals surface area contributed by atoms with Crippen LogP contribution in [-0.4, -0.2) is 6.54 Å². The summed E-state index contributed by atoms with van der Waals surface area (Å²) in [6, 6.07) is 6.64. The normalized spacial score (nSPS) is 12.7. The van der Waals surface area contributed by atoms with Crippen molar-refractivity contribution >= 4 is 54.8 Å². The summed E-state index contributed by atoms with van der Waals surface area (Å²) >= 11 is 14.5. The molecule has 0 saturated carbocycles. The highest BCUT2D eigenvalue weighted by molar-refractivity contribution is 9.10. The van der Waals surface area contributed by atoms with Gasteiger partial charge in [0.1, 0.15) is 10.2 Å². The van der Waals surface area contributed by atoms with E-state index in [0.29, 0.717) is 4.34 Å². The standard InChI is InChI=1S/C14H13Br2ClFNS/c1-2-5-19-13(12-7-11(16)14(17)20-12)9-6-8(18)3-4-10(9)15/h3-4,6-7,13,19H,2,5H2,1H3. The summed E-state index contributed by atoms with van der Waals surface area (Å²) in [6.45, 7) is 2.95. The van der Waals surface area contributed by atoms with Crippen molar-refractivity contribution in [2.75, 3.05) is 6.54 Å². The van der Waals surface area contributed by atoms with E-state index in [1.807, 2.05) is 6.07 Å². The first-order valence-electron chi connectivity index (χ1n) is 6.16. The lowest BCUT2D eigenvalue weighted by molar-refractivity contribution is 0.589. The van der Waals surface area contributed by atoms with Gasteiger partial charge in [-0.15, -0.1) is 11.3 Å². The van der Waals surface area contributed by atoms with Crippen LogP contribution in [0.3, 0.4) is 0 Å². The Morgan fingerprint density at radius 2 is 2.05 bits per heavy atom. The van der Waals surface area contributed by atoms with E-state index in [-0.39, 0.29) is 11.9 Å². The molecule has 1 aromatic carbocycles. The second-order valence-corrected chi connectivity index (χ2v) is 7.72. The van der Waals surface area contributed by atoms with Gasteiger partial charge in [0.15, 0.2) is 0 Å². The van der Waals surface area contributed by atoms with E-state index in [2.05, 4.69) is 44.1 Å². The zero-order valence-electron chi connectivity index (χ0n) is 10.7. The number of rotatable bonds is 5. The first-order chi connectivity index (χ1) is 9.52. The number of benzene rings is 1. The van der Waals surface area contributed by atoms with Crippen LogP contribution in [0.2, 0.25) is 4.34 Å². The van der Waals surface area contributed by atoms with Crippen molar-refractivity contribution in [1.82, 2.24) is 5.32 Å². The summed E-state index contributed by atoms with van der Waals surface area (Å²) in [6.07, 6.45) is 1.00. The molecule has 0 amide bonds. The lowest BCUT2D eigenvalue weighted by atomic mass is 10.1. The summed E-state index contributed by atoms with van der Waals surface area (Å²) in [4.78, 5) is 1.06. The maximum Gasteiger partial charge on any atom is 0.123 e. The van der Waals surface area contributed by atoms with Gasteiger partial charge in [-0.2, -0.15) is 0 Å². The second kappa shape index (κ2) is 7.36. The Morgan fingerprint density at radius 3 is 2.65 bits per heavy atom. The van der Waals surface area contributed by atoms with Crippen LogP contribution in [0.5, 0.6) is 0 Å². The smallest absolute Gasteiger partial charge is 0.123 e. The minimum absolute atomic E-state index is 0.0752. The van der Waals surface area contributed by atoms with E-state index in [1.165, 1.54) is 17.4 Å². The van der Waals surface area contributed by atoms with Crippen molar-refractivity contribution < 1.29 is 4.39 Å². The van der Waals surface area contributed by atoms with Gasteiger partial charge in [-0.1, -0.05) is 34.5 Å². The first-order valence-corrected chi connectivity index (χ1v) is 8.94. The van der Waals surface area contributed by atoms with Crippen LogP contribution in [0, 0.1) is 5.82 Å². The van der Waals surface area contributed by atoms with Gasteiger partial charge in [0.05, 0.1) is 6.04 Å². The predicted octanol–water partition coefficient (Wildman–Crippen LogP) is 6.15. The maximum atomic E-state index is 13.5. The van der Waals surface area contributed by atoms with E-state index in [4.69, 9.17) is 11.6 Å². The van der Waals surface area contributed by atoms with Gasteiger partial charge >= 0.3 is 0 Å². The summed E-state index contributed by atoms with van der Waals surface area (Å²) < 4.78 is 16.0. The fourth-order valence-corrected chi connectivity index (χ4v) is 4.20. The van der Waals surface area contributed by atoms with Gasteiger partial charge in [-0.05, 0) is 58.7 Å². The van der Waals surface area contributed by atoms with E-state index in [9.17, 15) is 4.39 Å². The van der Waals surface area contributed by atoms with E-state index in [0.717, 1.165) is 32.4 Å². The Balaban J connectivity index is 2.43. The lowest BCUT2D eigenvalue weighted by Crippen LogP contribution is -2.22. The molecule has 0 spiro atoms. The molecular formula is C14H13Br2ClFNS. The van der Waals surface area contributed by atoms with Crippen LogP contribution in [0.25, 0.3) is 0 Å². The van der Waals surface area contributed by atoms with Gasteiger partial charge in [0.2, 0.25) is 0 Å². The second-order valence-electron chi connectivity index (χ2n) is 4.32. The van der Waals surface area contributed by atoms with Crippen molar-refractivity contribution in [3.63, 3.8) is 0 Å². The molecule has 20 heavy (non-hydrogen) atoms. The highest BCUT2D eigenvalue weighted by Crippen LogP contribution is 2.39.